The quantitative estimate of drug-likeness (QED) is 0.153. The van der Waals surface area contributed by atoms with Gasteiger partial charge in [0.15, 0.2) is 0 Å². The van der Waals surface area contributed by atoms with Crippen LogP contribution >= 0.6 is 0 Å². The number of esters is 1. The summed E-state index contributed by atoms with van der Waals surface area (Å²) in [6.45, 7) is 6.19. The van der Waals surface area contributed by atoms with E-state index in [0.717, 1.165) is 49.2 Å². The average molecular weight is 577 g/mol. The van der Waals surface area contributed by atoms with Gasteiger partial charge in [0.2, 0.25) is 0 Å². The number of ether oxygens (including phenoxy) is 1. The predicted molar refractivity (Wildman–Crippen MR) is 155 cm³/mol. The van der Waals surface area contributed by atoms with Crippen molar-refractivity contribution in [2.45, 2.75) is 70.1 Å². The Hall–Kier alpha value is -2.68. The number of allylic oxidation sites excluding steroid dienone is 1. The zero-order chi connectivity index (χ0) is 30.2. The van der Waals surface area contributed by atoms with E-state index in [9.17, 15) is 23.5 Å². The zero-order valence-electron chi connectivity index (χ0n) is 24.0. The molecular formula is C33H46F2O6. The molecule has 0 amide bonds. The Morgan fingerprint density at radius 1 is 0.927 bits per heavy atom. The van der Waals surface area contributed by atoms with Crippen LogP contribution in [0.5, 0.6) is 0 Å². The van der Waals surface area contributed by atoms with Crippen LogP contribution in [0.1, 0.15) is 74.8 Å². The largest absolute Gasteiger partial charge is 0.462 e. The maximum absolute atomic E-state index is 12.2. The van der Waals surface area contributed by atoms with Gasteiger partial charge >= 0.3 is 5.97 Å². The van der Waals surface area contributed by atoms with E-state index >= 15 is 0 Å². The van der Waals surface area contributed by atoms with E-state index in [1.165, 1.54) is 31.2 Å². The highest BCUT2D eigenvalue weighted by Gasteiger charge is 2.34. The minimum absolute atomic E-state index is 0.00154. The molecule has 228 valence electrons. The Balaban J connectivity index is 0.000000883. The first-order chi connectivity index (χ1) is 19.7. The Kier molecular flexibility index (Phi) is 15.7. The van der Waals surface area contributed by atoms with Gasteiger partial charge in [-0.3, -0.25) is 4.79 Å². The van der Waals surface area contributed by atoms with Crippen LogP contribution in [-0.2, 0) is 20.7 Å². The molecule has 3 rings (SSSR count). The van der Waals surface area contributed by atoms with Crippen molar-refractivity contribution in [1.82, 2.24) is 0 Å². The summed E-state index contributed by atoms with van der Waals surface area (Å²) in [5, 5.41) is 26.8. The highest BCUT2D eigenvalue weighted by atomic mass is 19.3. The molecule has 0 aliphatic heterocycles. The van der Waals surface area contributed by atoms with E-state index in [0.29, 0.717) is 31.0 Å². The van der Waals surface area contributed by atoms with Crippen molar-refractivity contribution in [3.05, 3.63) is 71.9 Å². The fourth-order valence-corrected chi connectivity index (χ4v) is 6.04. The van der Waals surface area contributed by atoms with Gasteiger partial charge in [0.1, 0.15) is 6.29 Å². The van der Waals surface area contributed by atoms with E-state index in [1.54, 1.807) is 0 Å². The van der Waals surface area contributed by atoms with Gasteiger partial charge in [-0.25, -0.2) is 4.79 Å². The molecule has 0 spiro atoms. The fraction of sp³-hybridized carbons (Fsp3) is 0.576. The Morgan fingerprint density at radius 2 is 1.51 bits per heavy atom. The summed E-state index contributed by atoms with van der Waals surface area (Å²) in [6, 6.07) is 8.53. The number of rotatable bonds is 13. The number of carbonyl (C=O) groups excluding carboxylic acids is 2. The first kappa shape index (κ1) is 34.5. The molecule has 2 aliphatic rings. The topological polar surface area (TPSA) is 104 Å². The summed E-state index contributed by atoms with van der Waals surface area (Å²) < 4.78 is 29.6. The summed E-state index contributed by atoms with van der Waals surface area (Å²) in [4.78, 5) is 21.2. The number of benzene rings is 1. The second-order valence-corrected chi connectivity index (χ2v) is 11.3. The van der Waals surface area contributed by atoms with Crippen molar-refractivity contribution in [3.8, 4) is 0 Å². The third-order valence-corrected chi connectivity index (χ3v) is 8.62. The number of aliphatic hydroxyl groups excluding tert-OH is 3. The lowest BCUT2D eigenvalue weighted by Crippen LogP contribution is -2.31. The van der Waals surface area contributed by atoms with E-state index in [-0.39, 0.29) is 36.9 Å². The molecule has 41 heavy (non-hydrogen) atoms. The summed E-state index contributed by atoms with van der Waals surface area (Å²) in [5.41, 5.74) is 2.73. The van der Waals surface area contributed by atoms with Crippen LogP contribution in [0.25, 0.3) is 0 Å². The second-order valence-electron chi connectivity index (χ2n) is 11.3. The maximum Gasteiger partial charge on any atom is 0.335 e. The third-order valence-electron chi connectivity index (χ3n) is 8.62. The van der Waals surface area contributed by atoms with Crippen LogP contribution in [0.15, 0.2) is 60.7 Å². The molecule has 2 fully saturated rings. The number of carbonyl (C=O) groups is 2. The van der Waals surface area contributed by atoms with Gasteiger partial charge in [0, 0.05) is 18.1 Å². The minimum atomic E-state index is -1.61. The number of aryl methyl sites for hydroxylation is 1. The summed E-state index contributed by atoms with van der Waals surface area (Å²) in [7, 11) is 0. The number of aldehydes is 1. The molecule has 3 N–H and O–H groups in total. The molecule has 0 heterocycles. The van der Waals surface area contributed by atoms with E-state index in [1.807, 2.05) is 0 Å². The molecule has 2 aliphatic carbocycles. The molecule has 0 bridgehead atoms. The van der Waals surface area contributed by atoms with Gasteiger partial charge in [-0.15, -0.1) is 0 Å². The zero-order valence-corrected chi connectivity index (χ0v) is 24.0. The molecule has 0 saturated heterocycles. The molecule has 0 aromatic heterocycles. The lowest BCUT2D eigenvalue weighted by atomic mass is 9.67. The molecular weight excluding hydrogens is 530 g/mol. The van der Waals surface area contributed by atoms with Crippen LogP contribution in [0.2, 0.25) is 0 Å². The van der Waals surface area contributed by atoms with Crippen LogP contribution in [0, 0.1) is 23.7 Å². The average Bonchev–Trinajstić information content (AvgIpc) is 3.01. The standard InChI is InChI=1S/C29H40F2O4.C4H6O2/c1-20(17-32)29(34)35-19-27(18-33)26-15-13-25(14-16-26)24-11-9-23(10-12-24)22-7-5-21(6-8-22)3-2-4-28(30)31;1-4(2-5)3-6/h4-8,23-27,32-33H,1-3,9-19H2;2,6H,1,3H2. The number of aliphatic hydroxyl groups is 3. The van der Waals surface area contributed by atoms with Crippen LogP contribution in [0.4, 0.5) is 8.78 Å². The van der Waals surface area contributed by atoms with Gasteiger partial charge in [0.25, 0.3) is 6.08 Å². The van der Waals surface area contributed by atoms with Gasteiger partial charge in [-0.05, 0) is 105 Å². The number of hydrogen-bond acceptors (Lipinski definition) is 6. The highest BCUT2D eigenvalue weighted by molar-refractivity contribution is 5.87. The van der Waals surface area contributed by atoms with Crippen molar-refractivity contribution in [1.29, 1.82) is 0 Å². The maximum atomic E-state index is 12.2. The Labute approximate surface area is 242 Å². The van der Waals surface area contributed by atoms with Gasteiger partial charge in [-0.1, -0.05) is 37.4 Å². The number of halogens is 2. The molecule has 1 atom stereocenters. The molecule has 1 aromatic carbocycles. The molecule has 1 aromatic rings. The molecule has 1 unspecified atom stereocenters. The lowest BCUT2D eigenvalue weighted by molar-refractivity contribution is -0.142. The minimum Gasteiger partial charge on any atom is -0.462 e. The normalized spacial score (nSPS) is 22.9. The van der Waals surface area contributed by atoms with Gasteiger partial charge in [0.05, 0.1) is 25.4 Å². The van der Waals surface area contributed by atoms with Crippen molar-refractivity contribution >= 4 is 12.3 Å². The Bertz CT molecular complexity index is 985. The van der Waals surface area contributed by atoms with Crippen LogP contribution < -0.4 is 0 Å². The first-order valence-electron chi connectivity index (χ1n) is 14.6. The lowest BCUT2D eigenvalue weighted by Gasteiger charge is -2.39. The summed E-state index contributed by atoms with van der Waals surface area (Å²) >= 11 is 0. The van der Waals surface area contributed by atoms with E-state index in [2.05, 4.69) is 37.4 Å². The van der Waals surface area contributed by atoms with Crippen LogP contribution in [-0.4, -0.2) is 54.0 Å². The third kappa shape index (κ3) is 12.0. The molecule has 2 saturated carbocycles. The highest BCUT2D eigenvalue weighted by Crippen LogP contribution is 2.45. The summed E-state index contributed by atoms with van der Waals surface area (Å²) in [5.74, 6) is 1.79. The SMILES string of the molecule is C=C(C=O)CO.C=C(CO)C(=O)OCC(CO)C1CCC(C2CCC(c3ccc(CCC=C(F)F)cc3)CC2)CC1. The number of hydrogen-bond donors (Lipinski definition) is 3. The van der Waals surface area contributed by atoms with Gasteiger partial charge in [-0.2, -0.15) is 8.78 Å². The monoisotopic (exact) mass is 576 g/mol. The van der Waals surface area contributed by atoms with Crippen molar-refractivity contribution in [2.75, 3.05) is 26.4 Å². The van der Waals surface area contributed by atoms with Crippen molar-refractivity contribution < 1.29 is 38.4 Å². The second kappa shape index (κ2) is 18.7. The van der Waals surface area contributed by atoms with E-state index in [4.69, 9.17) is 14.9 Å². The van der Waals surface area contributed by atoms with E-state index < -0.39 is 18.7 Å². The fourth-order valence-electron chi connectivity index (χ4n) is 6.04. The summed E-state index contributed by atoms with van der Waals surface area (Å²) in [6.07, 6.45) is 10.2. The molecule has 0 radical (unpaired) electrons. The smallest absolute Gasteiger partial charge is 0.335 e. The molecule has 6 nitrogen and oxygen atoms in total. The van der Waals surface area contributed by atoms with Crippen molar-refractivity contribution in [2.24, 2.45) is 23.7 Å². The first-order valence-corrected chi connectivity index (χ1v) is 14.6. The Morgan fingerprint density at radius 3 is 1.98 bits per heavy atom. The van der Waals surface area contributed by atoms with Crippen LogP contribution in [0.3, 0.4) is 0 Å². The molecule has 8 heteroatoms. The van der Waals surface area contributed by atoms with Gasteiger partial charge < -0.3 is 20.1 Å². The van der Waals surface area contributed by atoms with Crippen molar-refractivity contribution in [3.63, 3.8) is 0 Å². The predicted octanol–water partition coefficient (Wildman–Crippen LogP) is 5.91.